The van der Waals surface area contributed by atoms with Crippen molar-refractivity contribution in [1.29, 1.82) is 0 Å². The Kier molecular flexibility index (Phi) is 5.33. The molecule has 1 atom stereocenters. The topological polar surface area (TPSA) is 64.3 Å². The van der Waals surface area contributed by atoms with Crippen LogP contribution in [0.5, 0.6) is 0 Å². The van der Waals surface area contributed by atoms with Gasteiger partial charge in [-0.15, -0.1) is 0 Å². The van der Waals surface area contributed by atoms with Gasteiger partial charge in [0.25, 0.3) is 0 Å². The van der Waals surface area contributed by atoms with E-state index in [1.807, 2.05) is 48.5 Å². The maximum Gasteiger partial charge on any atom is 0.241 e. The lowest BCUT2D eigenvalue weighted by Gasteiger charge is -2.31. The van der Waals surface area contributed by atoms with Crippen molar-refractivity contribution in [3.63, 3.8) is 0 Å². The largest absolute Gasteiger partial charge is 0.371 e. The standard InChI is InChI=1S/C20H22N4O2/c1-2-7-16(8-3-1)20-22-19(26-23-20)14-24-12-6-10-18(13-24)25-15-17-9-4-5-11-21-17/h1-5,7-9,11,18H,6,10,12-15H2/t18-/m1/s1. The first-order valence-electron chi connectivity index (χ1n) is 8.99. The fourth-order valence-electron chi connectivity index (χ4n) is 3.19. The molecule has 0 bridgehead atoms. The van der Waals surface area contributed by atoms with Crippen LogP contribution in [-0.4, -0.2) is 39.2 Å². The Morgan fingerprint density at radius 3 is 2.85 bits per heavy atom. The van der Waals surface area contributed by atoms with Crippen LogP contribution in [0.3, 0.4) is 0 Å². The molecule has 0 saturated carbocycles. The molecule has 0 radical (unpaired) electrons. The van der Waals surface area contributed by atoms with E-state index in [2.05, 4.69) is 20.0 Å². The second kappa shape index (κ2) is 8.21. The van der Waals surface area contributed by atoms with Crippen LogP contribution >= 0.6 is 0 Å². The van der Waals surface area contributed by atoms with Crippen LogP contribution in [0.4, 0.5) is 0 Å². The van der Waals surface area contributed by atoms with Crippen molar-refractivity contribution in [2.45, 2.75) is 32.1 Å². The highest BCUT2D eigenvalue weighted by molar-refractivity contribution is 5.53. The van der Waals surface area contributed by atoms with Gasteiger partial charge in [0.2, 0.25) is 11.7 Å². The summed E-state index contributed by atoms with van der Waals surface area (Å²) in [5.41, 5.74) is 1.94. The maximum absolute atomic E-state index is 6.04. The van der Waals surface area contributed by atoms with Crippen molar-refractivity contribution in [1.82, 2.24) is 20.0 Å². The average molecular weight is 350 g/mol. The number of likely N-dealkylation sites (tertiary alicyclic amines) is 1. The Hall–Kier alpha value is -2.57. The number of nitrogens with zero attached hydrogens (tertiary/aromatic N) is 4. The molecule has 1 saturated heterocycles. The number of piperidine rings is 1. The number of aromatic nitrogens is 3. The van der Waals surface area contributed by atoms with E-state index in [0.717, 1.165) is 37.2 Å². The first-order valence-corrected chi connectivity index (χ1v) is 8.99. The second-order valence-corrected chi connectivity index (χ2v) is 6.51. The molecule has 4 rings (SSSR count). The van der Waals surface area contributed by atoms with E-state index >= 15 is 0 Å². The fourth-order valence-corrected chi connectivity index (χ4v) is 3.19. The van der Waals surface area contributed by atoms with Crippen molar-refractivity contribution in [3.05, 3.63) is 66.3 Å². The summed E-state index contributed by atoms with van der Waals surface area (Å²) in [6, 6.07) is 15.8. The predicted molar refractivity (Wildman–Crippen MR) is 97.1 cm³/mol. The summed E-state index contributed by atoms with van der Waals surface area (Å²) in [7, 11) is 0. The molecule has 6 heteroatoms. The zero-order valence-electron chi connectivity index (χ0n) is 14.6. The van der Waals surface area contributed by atoms with Crippen LogP contribution in [-0.2, 0) is 17.9 Å². The van der Waals surface area contributed by atoms with Gasteiger partial charge in [-0.25, -0.2) is 0 Å². The highest BCUT2D eigenvalue weighted by Gasteiger charge is 2.22. The van der Waals surface area contributed by atoms with Gasteiger partial charge in [0, 0.05) is 18.3 Å². The third-order valence-corrected chi connectivity index (χ3v) is 4.51. The van der Waals surface area contributed by atoms with E-state index in [-0.39, 0.29) is 6.10 Å². The molecule has 1 aromatic carbocycles. The smallest absolute Gasteiger partial charge is 0.241 e. The molecule has 2 aromatic heterocycles. The number of ether oxygens (including phenoxy) is 1. The maximum atomic E-state index is 6.04. The van der Waals surface area contributed by atoms with Crippen LogP contribution in [0.25, 0.3) is 11.4 Å². The Labute approximate surface area is 152 Å². The second-order valence-electron chi connectivity index (χ2n) is 6.51. The predicted octanol–water partition coefficient (Wildman–Crippen LogP) is 3.31. The van der Waals surface area contributed by atoms with Crippen LogP contribution in [0, 0.1) is 0 Å². The van der Waals surface area contributed by atoms with Gasteiger partial charge in [0.1, 0.15) is 0 Å². The zero-order chi connectivity index (χ0) is 17.6. The van der Waals surface area contributed by atoms with Crippen molar-refractivity contribution in [2.24, 2.45) is 0 Å². The summed E-state index contributed by atoms with van der Waals surface area (Å²) in [5, 5.41) is 4.09. The molecule has 1 fully saturated rings. The van der Waals surface area contributed by atoms with Crippen molar-refractivity contribution in [3.8, 4) is 11.4 Å². The van der Waals surface area contributed by atoms with E-state index in [9.17, 15) is 0 Å². The van der Waals surface area contributed by atoms with Gasteiger partial charge in [-0.1, -0.05) is 41.6 Å². The Morgan fingerprint density at radius 1 is 1.12 bits per heavy atom. The minimum atomic E-state index is 0.210. The van der Waals surface area contributed by atoms with E-state index in [0.29, 0.717) is 24.9 Å². The van der Waals surface area contributed by atoms with Gasteiger partial charge < -0.3 is 9.26 Å². The number of rotatable bonds is 6. The molecule has 0 amide bonds. The Bertz CT molecular complexity index is 807. The minimum Gasteiger partial charge on any atom is -0.371 e. The molecule has 1 aliphatic rings. The number of benzene rings is 1. The summed E-state index contributed by atoms with van der Waals surface area (Å²) >= 11 is 0. The molecule has 134 valence electrons. The first-order chi connectivity index (χ1) is 12.9. The lowest BCUT2D eigenvalue weighted by molar-refractivity contribution is -0.0153. The SMILES string of the molecule is c1ccc(-c2noc(CN3CCC[C@@H](OCc4ccccn4)C3)n2)cc1. The first kappa shape index (κ1) is 16.9. The third-order valence-electron chi connectivity index (χ3n) is 4.51. The normalized spacial score (nSPS) is 18.1. The van der Waals surface area contributed by atoms with Crippen LogP contribution in [0.2, 0.25) is 0 Å². The van der Waals surface area contributed by atoms with Crippen LogP contribution in [0.15, 0.2) is 59.3 Å². The van der Waals surface area contributed by atoms with Crippen LogP contribution in [0.1, 0.15) is 24.4 Å². The van der Waals surface area contributed by atoms with Gasteiger partial charge >= 0.3 is 0 Å². The van der Waals surface area contributed by atoms with Crippen LogP contribution < -0.4 is 0 Å². The van der Waals surface area contributed by atoms with E-state index in [4.69, 9.17) is 9.26 Å². The Morgan fingerprint density at radius 2 is 2.00 bits per heavy atom. The van der Waals surface area contributed by atoms with E-state index in [1.54, 1.807) is 6.20 Å². The summed E-state index contributed by atoms with van der Waals surface area (Å²) in [4.78, 5) is 11.1. The van der Waals surface area contributed by atoms with Crippen molar-refractivity contribution in [2.75, 3.05) is 13.1 Å². The summed E-state index contributed by atoms with van der Waals surface area (Å²) in [5.74, 6) is 1.29. The molecule has 3 heterocycles. The monoisotopic (exact) mass is 350 g/mol. The lowest BCUT2D eigenvalue weighted by Crippen LogP contribution is -2.39. The molecule has 0 aliphatic carbocycles. The van der Waals surface area contributed by atoms with Gasteiger partial charge in [-0.3, -0.25) is 9.88 Å². The number of hydrogen-bond acceptors (Lipinski definition) is 6. The van der Waals surface area contributed by atoms with E-state index < -0.39 is 0 Å². The molecule has 3 aromatic rings. The summed E-state index contributed by atoms with van der Waals surface area (Å²) in [6.07, 6.45) is 4.18. The highest BCUT2D eigenvalue weighted by Crippen LogP contribution is 2.19. The van der Waals surface area contributed by atoms with E-state index in [1.165, 1.54) is 0 Å². The molecular weight excluding hydrogens is 328 g/mol. The van der Waals surface area contributed by atoms with Gasteiger partial charge in [-0.05, 0) is 31.5 Å². The summed E-state index contributed by atoms with van der Waals surface area (Å²) < 4.78 is 11.5. The quantitative estimate of drug-likeness (QED) is 0.679. The minimum absolute atomic E-state index is 0.210. The van der Waals surface area contributed by atoms with Crippen molar-refractivity contribution >= 4 is 0 Å². The number of hydrogen-bond donors (Lipinski definition) is 0. The molecule has 6 nitrogen and oxygen atoms in total. The number of pyridine rings is 1. The lowest BCUT2D eigenvalue weighted by atomic mass is 10.1. The third kappa shape index (κ3) is 4.33. The van der Waals surface area contributed by atoms with Gasteiger partial charge in [-0.2, -0.15) is 4.98 Å². The molecule has 0 unspecified atom stereocenters. The van der Waals surface area contributed by atoms with Crippen molar-refractivity contribution < 1.29 is 9.26 Å². The molecular formula is C20H22N4O2. The zero-order valence-corrected chi connectivity index (χ0v) is 14.6. The summed E-state index contributed by atoms with van der Waals surface area (Å²) in [6.45, 7) is 3.10. The molecule has 26 heavy (non-hydrogen) atoms. The highest BCUT2D eigenvalue weighted by atomic mass is 16.5. The molecule has 1 aliphatic heterocycles. The Balaban J connectivity index is 1.32. The molecule has 0 spiro atoms. The van der Waals surface area contributed by atoms with Gasteiger partial charge in [0.15, 0.2) is 0 Å². The fraction of sp³-hybridized carbons (Fsp3) is 0.350. The molecule has 0 N–H and O–H groups in total. The van der Waals surface area contributed by atoms with Gasteiger partial charge in [0.05, 0.1) is 24.9 Å². The average Bonchev–Trinajstić information content (AvgIpc) is 3.17.